The first-order chi connectivity index (χ1) is 9.88. The molecule has 1 N–H and O–H groups in total. The van der Waals surface area contributed by atoms with Gasteiger partial charge in [0.05, 0.1) is 9.95 Å². The van der Waals surface area contributed by atoms with Gasteiger partial charge in [0.15, 0.2) is 0 Å². The number of halogens is 1. The van der Waals surface area contributed by atoms with Crippen LogP contribution in [0.3, 0.4) is 0 Å². The van der Waals surface area contributed by atoms with Gasteiger partial charge < -0.3 is 9.84 Å². The number of hydrogen-bond acceptors (Lipinski definition) is 5. The summed E-state index contributed by atoms with van der Waals surface area (Å²) in [5.41, 5.74) is -0.228. The van der Waals surface area contributed by atoms with Gasteiger partial charge in [-0.15, -0.1) is 0 Å². The van der Waals surface area contributed by atoms with Crippen LogP contribution in [0.4, 0.5) is 5.69 Å². The number of carbonyl (C=O) groups is 1. The molecule has 0 radical (unpaired) electrons. The lowest BCUT2D eigenvalue weighted by Gasteiger charge is -2.08. The minimum atomic E-state index is -1.44. The fraction of sp³-hybridized carbons (Fsp3) is 0.0769. The summed E-state index contributed by atoms with van der Waals surface area (Å²) in [5, 5.41) is 20.0. The number of aryl methyl sites for hydroxylation is 1. The Labute approximate surface area is 123 Å². The highest BCUT2D eigenvalue weighted by molar-refractivity contribution is 6.32. The number of pyridine rings is 1. The molecule has 0 amide bonds. The molecular formula is C13H9ClN2O5. The molecule has 0 saturated heterocycles. The summed E-state index contributed by atoms with van der Waals surface area (Å²) >= 11 is 5.95. The summed E-state index contributed by atoms with van der Waals surface area (Å²) in [4.78, 5) is 24.7. The van der Waals surface area contributed by atoms with E-state index in [1.807, 2.05) is 6.92 Å². The number of benzene rings is 1. The Hall–Kier alpha value is -2.67. The first-order valence-corrected chi connectivity index (χ1v) is 6.08. The number of nitro groups is 1. The van der Waals surface area contributed by atoms with Gasteiger partial charge in [0, 0.05) is 6.07 Å². The predicted molar refractivity (Wildman–Crippen MR) is 74.1 cm³/mol. The maximum absolute atomic E-state index is 11.0. The molecule has 2 rings (SSSR count). The van der Waals surface area contributed by atoms with E-state index < -0.39 is 22.1 Å². The van der Waals surface area contributed by atoms with Gasteiger partial charge in [-0.2, -0.15) is 0 Å². The van der Waals surface area contributed by atoms with Gasteiger partial charge in [-0.25, -0.2) is 9.78 Å². The first kappa shape index (κ1) is 14.7. The third kappa shape index (κ3) is 3.26. The van der Waals surface area contributed by atoms with E-state index in [2.05, 4.69) is 4.98 Å². The third-order valence-corrected chi connectivity index (χ3v) is 2.90. The molecule has 0 atom stereocenters. The number of rotatable bonds is 4. The van der Waals surface area contributed by atoms with E-state index in [4.69, 9.17) is 21.4 Å². The molecule has 0 aliphatic heterocycles. The number of hydrogen-bond donors (Lipinski definition) is 1. The lowest BCUT2D eigenvalue weighted by molar-refractivity contribution is -0.385. The van der Waals surface area contributed by atoms with Crippen LogP contribution in [-0.2, 0) is 0 Å². The van der Waals surface area contributed by atoms with Crippen molar-refractivity contribution in [3.8, 4) is 11.6 Å². The van der Waals surface area contributed by atoms with Gasteiger partial charge in [0.25, 0.3) is 0 Å². The summed E-state index contributed by atoms with van der Waals surface area (Å²) in [6, 6.07) is 6.03. The van der Waals surface area contributed by atoms with Crippen molar-refractivity contribution in [2.24, 2.45) is 0 Å². The first-order valence-electron chi connectivity index (χ1n) is 5.70. The van der Waals surface area contributed by atoms with Crippen molar-refractivity contribution in [3.63, 3.8) is 0 Å². The second-order valence-corrected chi connectivity index (χ2v) is 4.55. The van der Waals surface area contributed by atoms with Crippen molar-refractivity contribution in [2.45, 2.75) is 6.92 Å². The molecular weight excluding hydrogens is 300 g/mol. The zero-order valence-corrected chi connectivity index (χ0v) is 11.5. The molecule has 0 spiro atoms. The smallest absolute Gasteiger partial charge is 0.342 e. The normalized spacial score (nSPS) is 10.2. The van der Waals surface area contributed by atoms with Crippen LogP contribution < -0.4 is 4.74 Å². The molecule has 0 aliphatic carbocycles. The van der Waals surface area contributed by atoms with E-state index in [9.17, 15) is 14.9 Å². The van der Waals surface area contributed by atoms with Gasteiger partial charge in [-0.3, -0.25) is 10.1 Å². The van der Waals surface area contributed by atoms with Crippen LogP contribution in [-0.4, -0.2) is 21.0 Å². The molecule has 0 bridgehead atoms. The highest BCUT2D eigenvalue weighted by Gasteiger charge is 2.22. The molecule has 0 saturated carbocycles. The largest absolute Gasteiger partial charge is 0.477 e. The molecule has 0 aliphatic rings. The zero-order valence-electron chi connectivity index (χ0n) is 10.7. The quantitative estimate of drug-likeness (QED) is 0.685. The maximum Gasteiger partial charge on any atom is 0.342 e. The van der Waals surface area contributed by atoms with Crippen molar-refractivity contribution in [1.82, 2.24) is 4.98 Å². The minimum Gasteiger partial charge on any atom is -0.477 e. The van der Waals surface area contributed by atoms with E-state index in [1.165, 1.54) is 0 Å². The summed E-state index contributed by atoms with van der Waals surface area (Å²) in [5.74, 6) is -1.25. The Morgan fingerprint density at radius 1 is 1.43 bits per heavy atom. The number of carboxylic acids is 1. The Balaban J connectivity index is 2.41. The molecule has 7 nitrogen and oxygen atoms in total. The molecule has 108 valence electrons. The summed E-state index contributed by atoms with van der Waals surface area (Å²) < 4.78 is 5.39. The Morgan fingerprint density at radius 2 is 2.14 bits per heavy atom. The third-order valence-electron chi connectivity index (χ3n) is 2.59. The molecule has 0 fully saturated rings. The van der Waals surface area contributed by atoms with Crippen molar-refractivity contribution in [3.05, 3.63) is 56.7 Å². The fourth-order valence-corrected chi connectivity index (χ4v) is 1.76. The monoisotopic (exact) mass is 308 g/mol. The lowest BCUT2D eigenvalue weighted by atomic mass is 10.2. The molecule has 21 heavy (non-hydrogen) atoms. The van der Waals surface area contributed by atoms with Crippen molar-refractivity contribution in [2.75, 3.05) is 0 Å². The summed E-state index contributed by atoms with van der Waals surface area (Å²) in [6.45, 7) is 1.83. The maximum atomic E-state index is 11.0. The molecule has 1 aromatic carbocycles. The van der Waals surface area contributed by atoms with Crippen LogP contribution in [0.1, 0.15) is 15.9 Å². The van der Waals surface area contributed by atoms with Gasteiger partial charge >= 0.3 is 11.7 Å². The van der Waals surface area contributed by atoms with Crippen LogP contribution in [0.15, 0.2) is 30.5 Å². The van der Waals surface area contributed by atoms with E-state index in [0.717, 1.165) is 17.8 Å². The molecule has 1 heterocycles. The van der Waals surface area contributed by atoms with Crippen LogP contribution in [0.2, 0.25) is 5.02 Å². The summed E-state index contributed by atoms with van der Waals surface area (Å²) in [6.07, 6.45) is 0.836. The van der Waals surface area contributed by atoms with Gasteiger partial charge in [0.1, 0.15) is 17.5 Å². The average molecular weight is 309 g/mol. The molecule has 1 aromatic heterocycles. The van der Waals surface area contributed by atoms with Gasteiger partial charge in [-0.05, 0) is 24.6 Å². The topological polar surface area (TPSA) is 103 Å². The average Bonchev–Trinajstić information content (AvgIpc) is 2.42. The van der Waals surface area contributed by atoms with E-state index in [1.54, 1.807) is 18.2 Å². The molecule has 0 unspecified atom stereocenters. The molecule has 8 heteroatoms. The Morgan fingerprint density at radius 3 is 2.76 bits per heavy atom. The number of ether oxygens (including phenoxy) is 1. The lowest BCUT2D eigenvalue weighted by Crippen LogP contribution is -2.04. The van der Waals surface area contributed by atoms with Crippen molar-refractivity contribution in [1.29, 1.82) is 0 Å². The second-order valence-electron chi connectivity index (χ2n) is 4.14. The number of aromatic carboxylic acids is 1. The van der Waals surface area contributed by atoms with E-state index in [0.29, 0.717) is 5.02 Å². The fourth-order valence-electron chi connectivity index (χ4n) is 1.60. The SMILES string of the molecule is Cc1ccc(Cl)c(Oc2cc(C(=O)O)c([N+](=O)[O-])cn2)c1. The minimum absolute atomic E-state index is 0.0921. The van der Waals surface area contributed by atoms with E-state index in [-0.39, 0.29) is 11.6 Å². The van der Waals surface area contributed by atoms with Gasteiger partial charge in [-0.1, -0.05) is 17.7 Å². The number of nitrogens with zero attached hydrogens (tertiary/aromatic N) is 2. The molecule has 2 aromatic rings. The standard InChI is InChI=1S/C13H9ClN2O5/c1-7-2-3-9(14)11(4-7)21-12-5-8(13(17)18)10(6-15-12)16(19)20/h2-6H,1H3,(H,17,18). The number of carboxylic acid groups (broad SMARTS) is 1. The van der Waals surface area contributed by atoms with Crippen LogP contribution in [0.25, 0.3) is 0 Å². The van der Waals surface area contributed by atoms with Crippen LogP contribution in [0.5, 0.6) is 11.6 Å². The number of aromatic nitrogens is 1. The van der Waals surface area contributed by atoms with Gasteiger partial charge in [0.2, 0.25) is 5.88 Å². The van der Waals surface area contributed by atoms with Crippen molar-refractivity contribution < 1.29 is 19.6 Å². The van der Waals surface area contributed by atoms with E-state index >= 15 is 0 Å². The van der Waals surface area contributed by atoms with Crippen LogP contribution in [0, 0.1) is 17.0 Å². The predicted octanol–water partition coefficient (Wildman–Crippen LogP) is 3.44. The second kappa shape index (κ2) is 5.76. The Bertz CT molecular complexity index is 732. The summed E-state index contributed by atoms with van der Waals surface area (Å²) in [7, 11) is 0. The highest BCUT2D eigenvalue weighted by atomic mass is 35.5. The Kier molecular flexibility index (Phi) is 4.04. The van der Waals surface area contributed by atoms with Crippen LogP contribution >= 0.6 is 11.6 Å². The highest BCUT2D eigenvalue weighted by Crippen LogP contribution is 2.31. The van der Waals surface area contributed by atoms with Crippen molar-refractivity contribution >= 4 is 23.3 Å². The zero-order chi connectivity index (χ0) is 15.6.